The monoisotopic (exact) mass is 382 g/mol. The number of nitrogens with zero attached hydrogens (tertiary/aromatic N) is 1. The molecule has 3 nitrogen and oxygen atoms in total. The number of piperidine rings is 1. The van der Waals surface area contributed by atoms with Gasteiger partial charge in [0.1, 0.15) is 0 Å². The highest BCUT2D eigenvalue weighted by molar-refractivity contribution is 8.00. The summed E-state index contributed by atoms with van der Waals surface area (Å²) in [5.74, 6) is 0.474. The van der Waals surface area contributed by atoms with Crippen molar-refractivity contribution in [2.45, 2.75) is 51.9 Å². The van der Waals surface area contributed by atoms with E-state index in [4.69, 9.17) is 0 Å². The molecule has 0 aliphatic carbocycles. The molecule has 3 rings (SSSR count). The molecule has 1 aliphatic rings. The maximum absolute atomic E-state index is 12.4. The Morgan fingerprint density at radius 1 is 0.963 bits per heavy atom. The lowest BCUT2D eigenvalue weighted by molar-refractivity contribution is -0.113. The summed E-state index contributed by atoms with van der Waals surface area (Å²) in [7, 11) is 0. The van der Waals surface area contributed by atoms with Crippen LogP contribution in [0.5, 0.6) is 0 Å². The van der Waals surface area contributed by atoms with Crippen molar-refractivity contribution in [1.82, 2.24) is 0 Å². The van der Waals surface area contributed by atoms with E-state index in [-0.39, 0.29) is 5.91 Å². The largest absolute Gasteiger partial charge is 0.372 e. The van der Waals surface area contributed by atoms with E-state index < -0.39 is 0 Å². The van der Waals surface area contributed by atoms with Crippen LogP contribution >= 0.6 is 11.8 Å². The summed E-state index contributed by atoms with van der Waals surface area (Å²) in [5.41, 5.74) is 7.26. The summed E-state index contributed by atoms with van der Waals surface area (Å²) in [6.45, 7) is 10.8. The summed E-state index contributed by atoms with van der Waals surface area (Å²) < 4.78 is 0. The van der Waals surface area contributed by atoms with Crippen LogP contribution in [0.3, 0.4) is 0 Å². The second kappa shape index (κ2) is 8.83. The van der Waals surface area contributed by atoms with Crippen molar-refractivity contribution in [3.63, 3.8) is 0 Å². The third-order valence-electron chi connectivity index (χ3n) is 5.52. The van der Waals surface area contributed by atoms with E-state index in [0.29, 0.717) is 5.75 Å². The first-order valence-corrected chi connectivity index (χ1v) is 10.8. The van der Waals surface area contributed by atoms with Crippen LogP contribution in [0, 0.1) is 27.7 Å². The standard InChI is InChI=1S/C23H30N2OS/c1-16-14-17(2)19(4)23(18(16)3)27-15-22(26)24-20-8-10-21(11-9-20)25-12-6-5-7-13-25/h8-11,14H,5-7,12-13,15H2,1-4H3,(H,24,26). The molecule has 1 fully saturated rings. The van der Waals surface area contributed by atoms with Crippen molar-refractivity contribution in [3.05, 3.63) is 52.6 Å². The first kappa shape index (κ1) is 19.8. The second-order valence-electron chi connectivity index (χ2n) is 7.52. The number of rotatable bonds is 5. The minimum Gasteiger partial charge on any atom is -0.372 e. The SMILES string of the molecule is Cc1cc(C)c(C)c(SCC(=O)Nc2ccc(N3CCCCC3)cc2)c1C. The van der Waals surface area contributed by atoms with E-state index in [1.807, 2.05) is 12.1 Å². The fourth-order valence-electron chi connectivity index (χ4n) is 3.64. The zero-order valence-electron chi connectivity index (χ0n) is 16.9. The molecule has 1 N–H and O–H groups in total. The Kier molecular flexibility index (Phi) is 6.48. The number of carbonyl (C=O) groups excluding carboxylic acids is 1. The highest BCUT2D eigenvalue weighted by Crippen LogP contribution is 2.31. The van der Waals surface area contributed by atoms with Gasteiger partial charge in [0.25, 0.3) is 0 Å². The molecular weight excluding hydrogens is 352 g/mol. The minimum absolute atomic E-state index is 0.0451. The Hall–Kier alpha value is -1.94. The molecule has 0 saturated carbocycles. The number of hydrogen-bond donors (Lipinski definition) is 1. The Balaban J connectivity index is 1.58. The third-order valence-corrected chi connectivity index (χ3v) is 6.82. The van der Waals surface area contributed by atoms with E-state index in [1.165, 1.54) is 52.1 Å². The van der Waals surface area contributed by atoms with Gasteiger partial charge in [0.05, 0.1) is 5.75 Å². The summed E-state index contributed by atoms with van der Waals surface area (Å²) in [6, 6.07) is 10.5. The molecule has 1 aliphatic heterocycles. The summed E-state index contributed by atoms with van der Waals surface area (Å²) in [5, 5.41) is 3.03. The van der Waals surface area contributed by atoms with Crippen LogP contribution in [-0.4, -0.2) is 24.7 Å². The van der Waals surface area contributed by atoms with Crippen molar-refractivity contribution >= 4 is 29.0 Å². The predicted molar refractivity (Wildman–Crippen MR) is 117 cm³/mol. The Morgan fingerprint density at radius 2 is 1.56 bits per heavy atom. The van der Waals surface area contributed by atoms with Gasteiger partial charge in [-0.15, -0.1) is 11.8 Å². The molecule has 0 atom stereocenters. The highest BCUT2D eigenvalue weighted by Gasteiger charge is 2.13. The van der Waals surface area contributed by atoms with Crippen molar-refractivity contribution in [2.24, 2.45) is 0 Å². The first-order chi connectivity index (χ1) is 13.0. The highest BCUT2D eigenvalue weighted by atomic mass is 32.2. The van der Waals surface area contributed by atoms with E-state index in [9.17, 15) is 4.79 Å². The average Bonchev–Trinajstić information content (AvgIpc) is 2.68. The van der Waals surface area contributed by atoms with Crippen molar-refractivity contribution in [2.75, 3.05) is 29.1 Å². The summed E-state index contributed by atoms with van der Waals surface area (Å²) in [4.78, 5) is 16.1. The number of benzene rings is 2. The Bertz CT molecular complexity index is 782. The fourth-order valence-corrected chi connectivity index (χ4v) is 4.74. The summed E-state index contributed by atoms with van der Waals surface area (Å²) in [6.07, 6.45) is 3.88. The van der Waals surface area contributed by atoms with E-state index in [0.717, 1.165) is 18.8 Å². The van der Waals surface area contributed by atoms with Gasteiger partial charge >= 0.3 is 0 Å². The lowest BCUT2D eigenvalue weighted by atomic mass is 10.0. The molecule has 1 amide bonds. The topological polar surface area (TPSA) is 32.3 Å². The molecule has 4 heteroatoms. The molecule has 0 unspecified atom stereocenters. The molecule has 1 heterocycles. The van der Waals surface area contributed by atoms with Gasteiger partial charge in [-0.25, -0.2) is 0 Å². The summed E-state index contributed by atoms with van der Waals surface area (Å²) >= 11 is 1.63. The molecular formula is C23H30N2OS. The van der Waals surface area contributed by atoms with Crippen LogP contribution in [0.4, 0.5) is 11.4 Å². The maximum atomic E-state index is 12.4. The molecule has 2 aromatic carbocycles. The zero-order valence-corrected chi connectivity index (χ0v) is 17.7. The van der Waals surface area contributed by atoms with Gasteiger partial charge in [-0.2, -0.15) is 0 Å². The molecule has 0 radical (unpaired) electrons. The number of nitrogens with one attached hydrogen (secondary N) is 1. The van der Waals surface area contributed by atoms with Crippen LogP contribution in [0.1, 0.15) is 41.5 Å². The predicted octanol–water partition coefficient (Wildman–Crippen LogP) is 5.64. The van der Waals surface area contributed by atoms with Crippen LogP contribution in [0.25, 0.3) is 0 Å². The van der Waals surface area contributed by atoms with Crippen LogP contribution in [-0.2, 0) is 4.79 Å². The molecule has 0 bridgehead atoms. The lowest BCUT2D eigenvalue weighted by Crippen LogP contribution is -2.29. The molecule has 27 heavy (non-hydrogen) atoms. The Morgan fingerprint density at radius 3 is 2.15 bits per heavy atom. The molecule has 144 valence electrons. The van der Waals surface area contributed by atoms with Gasteiger partial charge in [0, 0.05) is 29.4 Å². The van der Waals surface area contributed by atoms with E-state index >= 15 is 0 Å². The van der Waals surface area contributed by atoms with Crippen LogP contribution < -0.4 is 10.2 Å². The maximum Gasteiger partial charge on any atom is 0.234 e. The van der Waals surface area contributed by atoms with Crippen molar-refractivity contribution in [3.8, 4) is 0 Å². The Labute approximate surface area is 167 Å². The van der Waals surface area contributed by atoms with Crippen molar-refractivity contribution < 1.29 is 4.79 Å². The molecule has 0 aromatic heterocycles. The van der Waals surface area contributed by atoms with E-state index in [1.54, 1.807) is 11.8 Å². The zero-order chi connectivity index (χ0) is 19.4. The van der Waals surface area contributed by atoms with Gasteiger partial charge < -0.3 is 10.2 Å². The van der Waals surface area contributed by atoms with Gasteiger partial charge in [-0.1, -0.05) is 6.07 Å². The molecule has 2 aromatic rings. The van der Waals surface area contributed by atoms with Crippen LogP contribution in [0.2, 0.25) is 0 Å². The van der Waals surface area contributed by atoms with Gasteiger partial charge in [-0.3, -0.25) is 4.79 Å². The number of anilines is 2. The third kappa shape index (κ3) is 4.86. The quantitative estimate of drug-likeness (QED) is 0.679. The smallest absolute Gasteiger partial charge is 0.234 e. The number of amides is 1. The van der Waals surface area contributed by atoms with Crippen LogP contribution in [0.15, 0.2) is 35.2 Å². The second-order valence-corrected chi connectivity index (χ2v) is 8.51. The normalized spacial score (nSPS) is 14.3. The average molecular weight is 383 g/mol. The number of carbonyl (C=O) groups is 1. The fraction of sp³-hybridized carbons (Fsp3) is 0.435. The van der Waals surface area contributed by atoms with Gasteiger partial charge in [0.2, 0.25) is 5.91 Å². The molecule has 0 spiro atoms. The van der Waals surface area contributed by atoms with Gasteiger partial charge in [-0.05, 0) is 93.5 Å². The first-order valence-electron chi connectivity index (χ1n) is 9.81. The lowest BCUT2D eigenvalue weighted by Gasteiger charge is -2.28. The van der Waals surface area contributed by atoms with Gasteiger partial charge in [0.15, 0.2) is 0 Å². The molecule has 1 saturated heterocycles. The number of aryl methyl sites for hydroxylation is 2. The van der Waals surface area contributed by atoms with Crippen molar-refractivity contribution in [1.29, 1.82) is 0 Å². The minimum atomic E-state index is 0.0451. The number of hydrogen-bond acceptors (Lipinski definition) is 3. The van der Waals surface area contributed by atoms with E-state index in [2.05, 4.69) is 56.1 Å². The number of thioether (sulfide) groups is 1.